The second-order valence-corrected chi connectivity index (χ2v) is 14.1. The summed E-state index contributed by atoms with van der Waals surface area (Å²) in [6.07, 6.45) is 5.76. The van der Waals surface area contributed by atoms with Gasteiger partial charge in [0.1, 0.15) is 17.7 Å². The van der Waals surface area contributed by atoms with Gasteiger partial charge in [-0.25, -0.2) is 4.39 Å². The number of aromatic nitrogens is 4. The minimum Gasteiger partial charge on any atom is -0.338 e. The highest BCUT2D eigenvalue weighted by molar-refractivity contribution is 6.36. The Kier molecular flexibility index (Phi) is 6.88. The number of anilines is 1. The smallest absolute Gasteiger partial charge is 0.245 e. The molecule has 11 heteroatoms. The highest BCUT2D eigenvalue weighted by atomic mass is 35.5. The molecule has 3 aliphatic heterocycles. The van der Waals surface area contributed by atoms with Crippen molar-refractivity contribution in [1.82, 2.24) is 29.8 Å². The van der Waals surface area contributed by atoms with Crippen LogP contribution in [0, 0.1) is 24.7 Å². The molecule has 1 spiro atoms. The average molecular weight is 641 g/mol. The predicted octanol–water partition coefficient (Wildman–Crippen LogP) is 6.10. The topological polar surface area (TPSA) is 97.1 Å². The zero-order valence-corrected chi connectivity index (χ0v) is 27.0. The van der Waals surface area contributed by atoms with Gasteiger partial charge in [-0.1, -0.05) is 24.2 Å². The molecule has 8 rings (SSSR count). The lowest BCUT2D eigenvalue weighted by Crippen LogP contribution is -2.63. The molecule has 2 aromatic heterocycles. The van der Waals surface area contributed by atoms with Gasteiger partial charge in [0.15, 0.2) is 0 Å². The van der Waals surface area contributed by atoms with Crippen molar-refractivity contribution in [2.75, 3.05) is 44.2 Å². The van der Waals surface area contributed by atoms with Gasteiger partial charge in [0.2, 0.25) is 5.91 Å². The lowest BCUT2D eigenvalue weighted by atomic mass is 9.60. The lowest BCUT2D eigenvalue weighted by molar-refractivity contribution is -0.149. The Balaban J connectivity index is 1.16. The second kappa shape index (κ2) is 10.8. The van der Waals surface area contributed by atoms with E-state index in [0.29, 0.717) is 36.9 Å². The molecular formula is C35H38ClFN8O. The van der Waals surface area contributed by atoms with Gasteiger partial charge in [-0.15, -0.1) is 0 Å². The maximum absolute atomic E-state index is 13.8. The number of carbonyl (C=O) groups excluding carboxylic acids is 1. The van der Waals surface area contributed by atoms with E-state index in [4.69, 9.17) is 22.1 Å². The number of amides is 1. The largest absolute Gasteiger partial charge is 0.338 e. The summed E-state index contributed by atoms with van der Waals surface area (Å²) in [7, 11) is 0. The van der Waals surface area contributed by atoms with Gasteiger partial charge in [-0.3, -0.25) is 24.9 Å². The summed E-state index contributed by atoms with van der Waals surface area (Å²) < 4.78 is 16.0. The van der Waals surface area contributed by atoms with Crippen LogP contribution in [-0.2, 0) is 11.2 Å². The minimum atomic E-state index is -0.792. The van der Waals surface area contributed by atoms with Gasteiger partial charge in [-0.2, -0.15) is 10.2 Å². The van der Waals surface area contributed by atoms with Crippen LogP contribution in [0.15, 0.2) is 43.1 Å². The maximum atomic E-state index is 13.8. The summed E-state index contributed by atoms with van der Waals surface area (Å²) in [5.74, 6) is 0.514. The summed E-state index contributed by atoms with van der Waals surface area (Å²) in [6.45, 7) is 11.6. The SMILES string of the molecule is C=CC(=O)N1CC2(CC(n3nc(-c4ccc5c(c4)CCN5C(=N)CN4CC[C@H](F)C4)c(-c4c(Cl)c(C)cc5[nH]ncc45)c3C)C2)C1. The fourth-order valence-electron chi connectivity index (χ4n) is 8.30. The fourth-order valence-corrected chi connectivity index (χ4v) is 8.55. The summed E-state index contributed by atoms with van der Waals surface area (Å²) in [5.41, 5.74) is 9.17. The number of aromatic amines is 1. The number of nitrogens with one attached hydrogen (secondary N) is 2. The Morgan fingerprint density at radius 1 is 1.22 bits per heavy atom. The fraction of sp³-hybridized carbons (Fsp3) is 0.429. The minimum absolute atomic E-state index is 0.00175. The lowest BCUT2D eigenvalue weighted by Gasteiger charge is -2.58. The zero-order chi connectivity index (χ0) is 31.9. The van der Waals surface area contributed by atoms with Crippen LogP contribution >= 0.6 is 11.6 Å². The number of fused-ring (bicyclic) bond motifs is 2. The van der Waals surface area contributed by atoms with E-state index < -0.39 is 6.17 Å². The molecule has 46 heavy (non-hydrogen) atoms. The number of alkyl halides is 1. The highest BCUT2D eigenvalue weighted by Crippen LogP contribution is 2.55. The van der Waals surface area contributed by atoms with Gasteiger partial charge in [0, 0.05) is 71.6 Å². The molecule has 2 saturated heterocycles. The van der Waals surface area contributed by atoms with E-state index in [-0.39, 0.29) is 17.4 Å². The number of H-pyrrole nitrogens is 1. The number of likely N-dealkylation sites (tertiary alicyclic amines) is 2. The van der Waals surface area contributed by atoms with E-state index in [1.54, 1.807) is 0 Å². The zero-order valence-electron chi connectivity index (χ0n) is 26.2. The van der Waals surface area contributed by atoms with E-state index in [9.17, 15) is 9.18 Å². The normalized spacial score (nSPS) is 20.7. The second-order valence-electron chi connectivity index (χ2n) is 13.7. The molecular weight excluding hydrogens is 603 g/mol. The molecule has 9 nitrogen and oxygen atoms in total. The molecule has 1 amide bonds. The molecule has 2 N–H and O–H groups in total. The molecule has 1 aliphatic carbocycles. The quantitative estimate of drug-likeness (QED) is 0.151. The van der Waals surface area contributed by atoms with Crippen LogP contribution in [0.25, 0.3) is 33.3 Å². The molecule has 3 fully saturated rings. The van der Waals surface area contributed by atoms with Gasteiger partial charge >= 0.3 is 0 Å². The Morgan fingerprint density at radius 2 is 2.02 bits per heavy atom. The van der Waals surface area contributed by atoms with Crippen LogP contribution in [0.3, 0.4) is 0 Å². The first-order valence-corrected chi connectivity index (χ1v) is 16.5. The van der Waals surface area contributed by atoms with Crippen molar-refractivity contribution in [3.8, 4) is 22.4 Å². The number of nitrogens with zero attached hydrogens (tertiary/aromatic N) is 6. The molecule has 1 atom stereocenters. The third-order valence-electron chi connectivity index (χ3n) is 10.6. The summed E-state index contributed by atoms with van der Waals surface area (Å²) >= 11 is 7.11. The van der Waals surface area contributed by atoms with Crippen molar-refractivity contribution < 1.29 is 9.18 Å². The number of hydrogen-bond acceptors (Lipinski definition) is 5. The summed E-state index contributed by atoms with van der Waals surface area (Å²) in [4.78, 5) is 18.1. The van der Waals surface area contributed by atoms with Crippen molar-refractivity contribution in [3.63, 3.8) is 0 Å². The number of carbonyl (C=O) groups is 1. The Bertz CT molecular complexity index is 1910. The third kappa shape index (κ3) is 4.59. The molecule has 0 unspecified atom stereocenters. The highest BCUT2D eigenvalue weighted by Gasteiger charge is 2.54. The van der Waals surface area contributed by atoms with E-state index in [0.717, 1.165) is 89.1 Å². The first-order valence-electron chi connectivity index (χ1n) is 16.1. The van der Waals surface area contributed by atoms with Crippen LogP contribution in [-0.4, -0.2) is 87.0 Å². The number of amidine groups is 1. The molecule has 2 aromatic carbocycles. The Morgan fingerprint density at radius 3 is 2.76 bits per heavy atom. The molecule has 238 valence electrons. The third-order valence-corrected chi connectivity index (χ3v) is 11.1. The van der Waals surface area contributed by atoms with Crippen LogP contribution in [0.4, 0.5) is 10.1 Å². The average Bonchev–Trinajstić information content (AvgIpc) is 3.79. The Hall–Kier alpha value is -4.02. The number of aryl methyl sites for hydroxylation is 1. The van der Waals surface area contributed by atoms with Crippen molar-refractivity contribution >= 4 is 39.9 Å². The monoisotopic (exact) mass is 640 g/mol. The molecule has 4 aromatic rings. The number of rotatable bonds is 6. The molecule has 0 bridgehead atoms. The van der Waals surface area contributed by atoms with E-state index in [1.165, 1.54) is 11.6 Å². The Labute approximate surface area is 272 Å². The number of benzene rings is 2. The molecule has 5 heterocycles. The van der Waals surface area contributed by atoms with Crippen molar-refractivity contribution in [3.05, 3.63) is 65.0 Å². The number of hydrogen-bond donors (Lipinski definition) is 2. The first-order chi connectivity index (χ1) is 22.1. The van der Waals surface area contributed by atoms with Gasteiger partial charge in [-0.05, 0) is 74.9 Å². The van der Waals surface area contributed by atoms with Gasteiger partial charge < -0.3 is 9.80 Å². The van der Waals surface area contributed by atoms with Crippen molar-refractivity contribution in [2.24, 2.45) is 5.41 Å². The van der Waals surface area contributed by atoms with Crippen LogP contribution < -0.4 is 4.90 Å². The van der Waals surface area contributed by atoms with E-state index in [2.05, 4.69) is 51.5 Å². The van der Waals surface area contributed by atoms with Gasteiger partial charge in [0.25, 0.3) is 0 Å². The summed E-state index contributed by atoms with van der Waals surface area (Å²) in [6, 6.07) is 8.70. The number of halogens is 2. The molecule has 1 saturated carbocycles. The predicted molar refractivity (Wildman–Crippen MR) is 179 cm³/mol. The summed E-state index contributed by atoms with van der Waals surface area (Å²) in [5, 5.41) is 23.3. The van der Waals surface area contributed by atoms with E-state index >= 15 is 0 Å². The van der Waals surface area contributed by atoms with Crippen LogP contribution in [0.1, 0.15) is 42.1 Å². The molecule has 0 radical (unpaired) electrons. The van der Waals surface area contributed by atoms with E-state index in [1.807, 2.05) is 29.0 Å². The van der Waals surface area contributed by atoms with Crippen molar-refractivity contribution in [1.29, 1.82) is 5.41 Å². The van der Waals surface area contributed by atoms with Crippen LogP contribution in [0.2, 0.25) is 5.02 Å². The van der Waals surface area contributed by atoms with Crippen LogP contribution in [0.5, 0.6) is 0 Å². The first kappa shape index (κ1) is 29.4. The molecule has 4 aliphatic rings. The maximum Gasteiger partial charge on any atom is 0.245 e. The van der Waals surface area contributed by atoms with Crippen molar-refractivity contribution in [2.45, 2.75) is 51.7 Å². The van der Waals surface area contributed by atoms with Gasteiger partial charge in [0.05, 0.1) is 29.3 Å². The standard InChI is InChI=1S/C35H38ClFN8O/c1-4-30(46)43-18-35(19-43)13-25(14-35)45-21(3)31(32-26-15-39-40-27(26)11-20(2)33(32)36)34(41-45)23-5-6-28-22(12-23)7-10-44(28)29(38)17-42-9-8-24(37)16-42/h4-6,11-12,15,24-25,38H,1,7-10,13-14,16-19H2,2-3H3,(H,39,40)/t24-/m0/s1.